The van der Waals surface area contributed by atoms with Crippen LogP contribution in [0.25, 0.3) is 10.6 Å². The van der Waals surface area contributed by atoms with E-state index in [9.17, 15) is 28.8 Å². The maximum Gasteiger partial charge on any atom is 0.413 e. The summed E-state index contributed by atoms with van der Waals surface area (Å²) in [4.78, 5) is 91.4. The van der Waals surface area contributed by atoms with Crippen LogP contribution < -0.4 is 31.3 Å². The van der Waals surface area contributed by atoms with Crippen LogP contribution in [0.4, 0.5) is 14.7 Å². The standard InChI is InChI=1S/C38H54N10O10S2/c1-35(2,3)55-31(52)38(10,11)58-46-26(23-20-59-32(43-23)45-34(54)57-37(7,8)9)29(51)44-25-22(42-28(25)50)16-40-27(49)24-17-41-30(60-24)21-18-47(12)48(19-21)15-13-14-39-33(53)56-36(4,5)6/h17-20,22,25H,13-16H2,1-12H3,(H4-,39,40,42,43,44,45,49,50,51,53,54)/p+1/b46-26-/t22-,25+/m1/s1. The van der Waals surface area contributed by atoms with Gasteiger partial charge in [0.15, 0.2) is 17.9 Å². The lowest BCUT2D eigenvalue weighted by Crippen LogP contribution is -2.72. The van der Waals surface area contributed by atoms with Gasteiger partial charge in [0.05, 0.1) is 30.5 Å². The highest BCUT2D eigenvalue weighted by Gasteiger charge is 2.42. The van der Waals surface area contributed by atoms with E-state index in [1.165, 1.54) is 36.8 Å². The molecule has 2 atom stereocenters. The third kappa shape index (κ3) is 14.0. The van der Waals surface area contributed by atoms with E-state index in [-0.39, 0.29) is 17.4 Å². The molecule has 1 aliphatic rings. The van der Waals surface area contributed by atoms with E-state index in [4.69, 9.17) is 19.0 Å². The third-order valence-corrected chi connectivity index (χ3v) is 9.64. The van der Waals surface area contributed by atoms with E-state index in [2.05, 4.69) is 41.7 Å². The molecule has 0 saturated carbocycles. The summed E-state index contributed by atoms with van der Waals surface area (Å²) in [6.07, 6.45) is 4.64. The highest BCUT2D eigenvalue weighted by atomic mass is 32.1. The Morgan fingerprint density at radius 3 is 2.22 bits per heavy atom. The van der Waals surface area contributed by atoms with Crippen LogP contribution >= 0.6 is 22.7 Å². The molecule has 328 valence electrons. The van der Waals surface area contributed by atoms with Crippen LogP contribution in [0.1, 0.15) is 97.9 Å². The molecule has 4 rings (SSSR count). The van der Waals surface area contributed by atoms with Gasteiger partial charge in [-0.15, -0.1) is 27.4 Å². The number of carbonyl (C=O) groups excluding carboxylic acids is 6. The van der Waals surface area contributed by atoms with Crippen molar-refractivity contribution < 1.29 is 52.5 Å². The molecule has 5 amide bonds. The van der Waals surface area contributed by atoms with Gasteiger partial charge in [0.25, 0.3) is 11.8 Å². The van der Waals surface area contributed by atoms with Gasteiger partial charge in [-0.05, 0) is 82.6 Å². The van der Waals surface area contributed by atoms with Gasteiger partial charge < -0.3 is 40.3 Å². The Bertz CT molecular complexity index is 2100. The third-order valence-electron chi connectivity index (χ3n) is 7.83. The number of hydrogen-bond donors (Lipinski definition) is 5. The molecule has 5 N–H and O–H groups in total. The fraction of sp³-hybridized carbons (Fsp3) is 0.579. The Morgan fingerprint density at radius 1 is 0.933 bits per heavy atom. The summed E-state index contributed by atoms with van der Waals surface area (Å²) >= 11 is 2.15. The van der Waals surface area contributed by atoms with Crippen LogP contribution in [-0.2, 0) is 47.0 Å². The number of oxime groups is 1. The number of ether oxygens (including phenoxy) is 3. The molecule has 0 aromatic carbocycles. The first kappa shape index (κ1) is 47.0. The average Bonchev–Trinajstić information content (AvgIpc) is 3.85. The number of nitrogens with zero attached hydrogens (tertiary/aromatic N) is 5. The number of alkyl carbamates (subject to hydrolysis) is 1. The molecule has 0 radical (unpaired) electrons. The van der Waals surface area contributed by atoms with Gasteiger partial charge in [-0.3, -0.25) is 19.7 Å². The summed E-state index contributed by atoms with van der Waals surface area (Å²) in [5.74, 6) is -2.58. The second-order valence-corrected chi connectivity index (χ2v) is 19.1. The van der Waals surface area contributed by atoms with Crippen molar-refractivity contribution in [2.75, 3.05) is 18.4 Å². The fourth-order valence-corrected chi connectivity index (χ4v) is 6.55. The van der Waals surface area contributed by atoms with Crippen LogP contribution in [0.3, 0.4) is 0 Å². The van der Waals surface area contributed by atoms with Crippen LogP contribution in [-0.4, -0.2) is 104 Å². The molecule has 0 bridgehead atoms. The van der Waals surface area contributed by atoms with Gasteiger partial charge in [0.1, 0.15) is 38.4 Å². The SMILES string of the molecule is C[n+]1cc(-c2ncc(C(=O)NC[C@H]3NC(=O)[C@H]3NC(=O)/C(=N\OC(C)(C)C(=O)OC(C)(C)C)c3csc(NC(=O)OC(C)(C)C)n3)s2)cn1CCCNC(=O)OC(C)(C)C. The number of aryl methyl sites for hydroxylation is 2. The molecule has 60 heavy (non-hydrogen) atoms. The van der Waals surface area contributed by atoms with Crippen LogP contribution in [0, 0.1) is 0 Å². The predicted octanol–water partition coefficient (Wildman–Crippen LogP) is 3.41. The Labute approximate surface area is 356 Å². The molecule has 3 aromatic rings. The van der Waals surface area contributed by atoms with Gasteiger partial charge in [0, 0.05) is 18.5 Å². The van der Waals surface area contributed by atoms with Crippen molar-refractivity contribution in [2.45, 2.75) is 124 Å². The van der Waals surface area contributed by atoms with Crippen LogP contribution in [0.5, 0.6) is 0 Å². The quantitative estimate of drug-likeness (QED) is 0.0281. The molecule has 1 saturated heterocycles. The van der Waals surface area contributed by atoms with Gasteiger partial charge >= 0.3 is 18.2 Å². The van der Waals surface area contributed by atoms with E-state index in [1.807, 2.05) is 28.8 Å². The molecule has 3 aromatic heterocycles. The number of rotatable bonds is 15. The van der Waals surface area contributed by atoms with Crippen molar-refractivity contribution >= 4 is 69.4 Å². The number of anilines is 1. The first-order chi connectivity index (χ1) is 27.7. The zero-order chi connectivity index (χ0) is 44.8. The number of aromatic nitrogens is 4. The molecule has 22 heteroatoms. The minimum absolute atomic E-state index is 0.0340. The van der Waals surface area contributed by atoms with E-state index in [0.29, 0.717) is 29.4 Å². The van der Waals surface area contributed by atoms with Gasteiger partial charge in [-0.25, -0.2) is 24.4 Å². The van der Waals surface area contributed by atoms with Gasteiger partial charge in [-0.1, -0.05) is 5.16 Å². The molecule has 1 fully saturated rings. The molecule has 4 heterocycles. The lowest BCUT2D eigenvalue weighted by Gasteiger charge is -2.37. The zero-order valence-electron chi connectivity index (χ0n) is 35.9. The summed E-state index contributed by atoms with van der Waals surface area (Å²) in [5.41, 5.74) is -3.48. The number of carbonyl (C=O) groups is 6. The summed E-state index contributed by atoms with van der Waals surface area (Å²) < 4.78 is 19.8. The molecule has 0 spiro atoms. The Balaban J connectivity index is 1.39. The average molecular weight is 876 g/mol. The van der Waals surface area contributed by atoms with Crippen molar-refractivity contribution in [3.63, 3.8) is 0 Å². The first-order valence-electron chi connectivity index (χ1n) is 19.0. The maximum atomic E-state index is 13.8. The highest BCUT2D eigenvalue weighted by molar-refractivity contribution is 7.16. The van der Waals surface area contributed by atoms with Gasteiger partial charge in [0.2, 0.25) is 17.7 Å². The van der Waals surface area contributed by atoms with Crippen molar-refractivity contribution in [2.24, 2.45) is 12.2 Å². The van der Waals surface area contributed by atoms with E-state index in [1.54, 1.807) is 62.3 Å². The minimum Gasteiger partial charge on any atom is -0.457 e. The van der Waals surface area contributed by atoms with E-state index in [0.717, 1.165) is 16.9 Å². The summed E-state index contributed by atoms with van der Waals surface area (Å²) in [6.45, 7) is 19.4. The molecule has 20 nitrogen and oxygen atoms in total. The van der Waals surface area contributed by atoms with Crippen molar-refractivity contribution in [1.82, 2.24) is 35.9 Å². The normalized spacial score (nSPS) is 15.9. The second-order valence-electron chi connectivity index (χ2n) is 17.2. The van der Waals surface area contributed by atoms with Crippen molar-refractivity contribution in [3.8, 4) is 10.6 Å². The summed E-state index contributed by atoms with van der Waals surface area (Å²) in [6, 6.07) is -1.79. The Kier molecular flexibility index (Phi) is 14.7. The second kappa shape index (κ2) is 18.7. The molecule has 0 aliphatic carbocycles. The monoisotopic (exact) mass is 875 g/mol. The smallest absolute Gasteiger partial charge is 0.413 e. The number of esters is 1. The summed E-state index contributed by atoms with van der Waals surface area (Å²) in [5, 5.41) is 19.4. The topological polar surface area (TPSA) is 246 Å². The highest BCUT2D eigenvalue weighted by Crippen LogP contribution is 2.25. The number of thiazole rings is 2. The number of nitrogens with one attached hydrogen (secondary N) is 5. The maximum absolute atomic E-state index is 13.8. The Hall–Kier alpha value is -5.64. The summed E-state index contributed by atoms with van der Waals surface area (Å²) in [7, 11) is 1.87. The lowest BCUT2D eigenvalue weighted by molar-refractivity contribution is -0.753. The van der Waals surface area contributed by atoms with Crippen molar-refractivity contribution in [1.29, 1.82) is 0 Å². The van der Waals surface area contributed by atoms with E-state index >= 15 is 0 Å². The van der Waals surface area contributed by atoms with E-state index < -0.39 is 76.1 Å². The number of hydrogen-bond acceptors (Lipinski definition) is 15. The van der Waals surface area contributed by atoms with Crippen molar-refractivity contribution in [3.05, 3.63) is 34.5 Å². The van der Waals surface area contributed by atoms with Crippen LogP contribution in [0.15, 0.2) is 29.1 Å². The van der Waals surface area contributed by atoms with Gasteiger partial charge in [-0.2, -0.15) is 4.68 Å². The molecular formula is C38H55N10O10S2+. The first-order valence-corrected chi connectivity index (χ1v) is 20.7. The number of β-lactam (4-membered cyclic amide) rings is 1. The lowest BCUT2D eigenvalue weighted by atomic mass is 9.98. The molecule has 0 unspecified atom stereocenters. The minimum atomic E-state index is -1.65. The molecule has 1 aliphatic heterocycles. The van der Waals surface area contributed by atoms with Crippen LogP contribution in [0.2, 0.25) is 0 Å². The predicted molar refractivity (Wildman–Crippen MR) is 221 cm³/mol. The Morgan fingerprint density at radius 2 is 1.58 bits per heavy atom. The largest absolute Gasteiger partial charge is 0.457 e. The zero-order valence-corrected chi connectivity index (χ0v) is 37.6. The fourth-order valence-electron chi connectivity index (χ4n) is 5.06. The number of amides is 5. The molecular weight excluding hydrogens is 821 g/mol.